The van der Waals surface area contributed by atoms with Crippen molar-refractivity contribution in [3.8, 4) is 0 Å². The van der Waals surface area contributed by atoms with Crippen LogP contribution in [0.15, 0.2) is 24.3 Å². The van der Waals surface area contributed by atoms with Gasteiger partial charge < -0.3 is 11.1 Å². The van der Waals surface area contributed by atoms with Gasteiger partial charge in [-0.05, 0) is 30.0 Å². The first-order chi connectivity index (χ1) is 7.80. The molecule has 94 valence electrons. The Kier molecular flexibility index (Phi) is 4.29. The van der Waals surface area contributed by atoms with Crippen molar-refractivity contribution in [2.75, 3.05) is 0 Å². The molecule has 0 saturated heterocycles. The second kappa shape index (κ2) is 5.32. The van der Waals surface area contributed by atoms with E-state index in [1.165, 1.54) is 0 Å². The number of primary amides is 1. The molecule has 0 aromatic heterocycles. The maximum Gasteiger partial charge on any atom is 0.248 e. The SMILES string of the molecule is CC(NCc1ccc(C(N)=O)cc1)C(C)(C)C. The molecule has 0 radical (unpaired) electrons. The van der Waals surface area contributed by atoms with Gasteiger partial charge >= 0.3 is 0 Å². The van der Waals surface area contributed by atoms with E-state index in [4.69, 9.17) is 5.73 Å². The molecule has 3 N–H and O–H groups in total. The van der Waals surface area contributed by atoms with Crippen LogP contribution < -0.4 is 11.1 Å². The average Bonchev–Trinajstić information content (AvgIpc) is 2.25. The van der Waals surface area contributed by atoms with Gasteiger partial charge in [0.25, 0.3) is 0 Å². The number of nitrogens with two attached hydrogens (primary N) is 1. The number of carbonyl (C=O) groups excluding carboxylic acids is 1. The first kappa shape index (κ1) is 13.7. The minimum atomic E-state index is -0.382. The van der Waals surface area contributed by atoms with Crippen LogP contribution >= 0.6 is 0 Å². The predicted octanol–water partition coefficient (Wildman–Crippen LogP) is 2.31. The Bertz CT molecular complexity index is 376. The van der Waals surface area contributed by atoms with E-state index in [9.17, 15) is 4.79 Å². The third-order valence-corrected chi connectivity index (χ3v) is 3.15. The van der Waals surface area contributed by atoms with E-state index in [0.717, 1.165) is 12.1 Å². The lowest BCUT2D eigenvalue weighted by atomic mass is 9.88. The van der Waals surface area contributed by atoms with E-state index in [1.807, 2.05) is 12.1 Å². The Labute approximate surface area is 103 Å². The van der Waals surface area contributed by atoms with Crippen LogP contribution in [0.1, 0.15) is 43.6 Å². The summed E-state index contributed by atoms with van der Waals surface area (Å²) < 4.78 is 0. The average molecular weight is 234 g/mol. The summed E-state index contributed by atoms with van der Waals surface area (Å²) in [4.78, 5) is 10.9. The van der Waals surface area contributed by atoms with Crippen LogP contribution in [-0.4, -0.2) is 11.9 Å². The lowest BCUT2D eigenvalue weighted by Crippen LogP contribution is -2.37. The van der Waals surface area contributed by atoms with Gasteiger partial charge in [-0.25, -0.2) is 0 Å². The van der Waals surface area contributed by atoms with Gasteiger partial charge in [-0.3, -0.25) is 4.79 Å². The lowest BCUT2D eigenvalue weighted by Gasteiger charge is -2.28. The molecule has 0 aliphatic heterocycles. The topological polar surface area (TPSA) is 55.1 Å². The zero-order chi connectivity index (χ0) is 13.1. The van der Waals surface area contributed by atoms with Crippen LogP contribution in [0.2, 0.25) is 0 Å². The molecule has 0 heterocycles. The van der Waals surface area contributed by atoms with Crippen LogP contribution in [-0.2, 0) is 6.54 Å². The molecule has 1 aromatic carbocycles. The molecule has 0 aliphatic rings. The molecule has 0 saturated carbocycles. The molecule has 3 heteroatoms. The molecule has 3 nitrogen and oxygen atoms in total. The van der Waals surface area contributed by atoms with E-state index >= 15 is 0 Å². The number of hydrogen-bond acceptors (Lipinski definition) is 2. The van der Waals surface area contributed by atoms with Crippen molar-refractivity contribution in [3.63, 3.8) is 0 Å². The Morgan fingerprint density at radius 2 is 1.82 bits per heavy atom. The molecule has 1 atom stereocenters. The smallest absolute Gasteiger partial charge is 0.248 e. The minimum absolute atomic E-state index is 0.243. The third kappa shape index (κ3) is 4.19. The van der Waals surface area contributed by atoms with E-state index < -0.39 is 0 Å². The fourth-order valence-electron chi connectivity index (χ4n) is 1.36. The van der Waals surface area contributed by atoms with E-state index in [2.05, 4.69) is 33.0 Å². The highest BCUT2D eigenvalue weighted by Gasteiger charge is 2.18. The number of rotatable bonds is 4. The summed E-state index contributed by atoms with van der Waals surface area (Å²) in [6.45, 7) is 9.61. The number of hydrogen-bond donors (Lipinski definition) is 2. The van der Waals surface area contributed by atoms with Gasteiger partial charge in [-0.1, -0.05) is 32.9 Å². The van der Waals surface area contributed by atoms with Crippen LogP contribution in [0.4, 0.5) is 0 Å². The van der Waals surface area contributed by atoms with Crippen molar-refractivity contribution in [3.05, 3.63) is 35.4 Å². The number of amides is 1. The lowest BCUT2D eigenvalue weighted by molar-refractivity contribution is 0.100. The van der Waals surface area contributed by atoms with Gasteiger partial charge in [-0.2, -0.15) is 0 Å². The Morgan fingerprint density at radius 3 is 2.24 bits per heavy atom. The standard InChI is InChI=1S/C14H22N2O/c1-10(14(2,3)4)16-9-11-5-7-12(8-6-11)13(15)17/h5-8,10,16H,9H2,1-4H3,(H2,15,17). The summed E-state index contributed by atoms with van der Waals surface area (Å²) in [5, 5.41) is 3.47. The zero-order valence-corrected chi connectivity index (χ0v) is 11.1. The van der Waals surface area contributed by atoms with E-state index in [0.29, 0.717) is 11.6 Å². The van der Waals surface area contributed by atoms with Crippen LogP contribution in [0.25, 0.3) is 0 Å². The molecule has 0 spiro atoms. The monoisotopic (exact) mass is 234 g/mol. The Morgan fingerprint density at radius 1 is 1.29 bits per heavy atom. The number of nitrogens with one attached hydrogen (secondary N) is 1. The van der Waals surface area contributed by atoms with Gasteiger partial charge in [0.05, 0.1) is 0 Å². The molecular formula is C14H22N2O. The van der Waals surface area contributed by atoms with Crippen LogP contribution in [0.5, 0.6) is 0 Å². The molecular weight excluding hydrogens is 212 g/mol. The normalized spacial score (nSPS) is 13.4. The fourth-order valence-corrected chi connectivity index (χ4v) is 1.36. The second-order valence-corrected chi connectivity index (χ2v) is 5.53. The number of carbonyl (C=O) groups is 1. The summed E-state index contributed by atoms with van der Waals surface area (Å²) in [5.74, 6) is -0.382. The van der Waals surface area contributed by atoms with Crippen molar-refractivity contribution in [2.24, 2.45) is 11.1 Å². The molecule has 17 heavy (non-hydrogen) atoms. The maximum atomic E-state index is 10.9. The molecule has 0 bridgehead atoms. The van der Waals surface area contributed by atoms with Crippen molar-refractivity contribution in [1.29, 1.82) is 0 Å². The zero-order valence-electron chi connectivity index (χ0n) is 11.1. The Balaban J connectivity index is 2.56. The molecule has 0 aliphatic carbocycles. The van der Waals surface area contributed by atoms with E-state index in [-0.39, 0.29) is 11.3 Å². The van der Waals surface area contributed by atoms with Crippen molar-refractivity contribution in [2.45, 2.75) is 40.3 Å². The minimum Gasteiger partial charge on any atom is -0.366 e. The molecule has 1 rings (SSSR count). The first-order valence-corrected chi connectivity index (χ1v) is 5.93. The van der Waals surface area contributed by atoms with Crippen LogP contribution in [0.3, 0.4) is 0 Å². The van der Waals surface area contributed by atoms with Gasteiger partial charge in [-0.15, -0.1) is 0 Å². The quantitative estimate of drug-likeness (QED) is 0.840. The summed E-state index contributed by atoms with van der Waals surface area (Å²) >= 11 is 0. The molecule has 1 amide bonds. The van der Waals surface area contributed by atoms with Crippen molar-refractivity contribution >= 4 is 5.91 Å². The highest BCUT2D eigenvalue weighted by Crippen LogP contribution is 2.18. The van der Waals surface area contributed by atoms with E-state index in [1.54, 1.807) is 12.1 Å². The second-order valence-electron chi connectivity index (χ2n) is 5.53. The fraction of sp³-hybridized carbons (Fsp3) is 0.500. The predicted molar refractivity (Wildman–Crippen MR) is 70.7 cm³/mol. The number of benzene rings is 1. The van der Waals surface area contributed by atoms with Gasteiger partial charge in [0.1, 0.15) is 0 Å². The molecule has 1 aromatic rings. The van der Waals surface area contributed by atoms with Gasteiger partial charge in [0, 0.05) is 18.2 Å². The van der Waals surface area contributed by atoms with Crippen molar-refractivity contribution in [1.82, 2.24) is 5.32 Å². The highest BCUT2D eigenvalue weighted by atomic mass is 16.1. The van der Waals surface area contributed by atoms with Gasteiger partial charge in [0.15, 0.2) is 0 Å². The highest BCUT2D eigenvalue weighted by molar-refractivity contribution is 5.92. The summed E-state index contributed by atoms with van der Waals surface area (Å²) in [6, 6.07) is 7.82. The third-order valence-electron chi connectivity index (χ3n) is 3.15. The first-order valence-electron chi connectivity index (χ1n) is 5.93. The molecule has 0 fully saturated rings. The summed E-state index contributed by atoms with van der Waals surface area (Å²) in [5.41, 5.74) is 7.14. The van der Waals surface area contributed by atoms with Gasteiger partial charge in [0.2, 0.25) is 5.91 Å². The summed E-state index contributed by atoms with van der Waals surface area (Å²) in [6.07, 6.45) is 0. The largest absolute Gasteiger partial charge is 0.366 e. The Hall–Kier alpha value is -1.35. The molecule has 1 unspecified atom stereocenters. The summed E-state index contributed by atoms with van der Waals surface area (Å²) in [7, 11) is 0. The van der Waals surface area contributed by atoms with Crippen LogP contribution in [0, 0.1) is 5.41 Å². The van der Waals surface area contributed by atoms with Crippen molar-refractivity contribution < 1.29 is 4.79 Å². The maximum absolute atomic E-state index is 10.9.